The highest BCUT2D eigenvalue weighted by molar-refractivity contribution is 7.22. The number of phenolic OH excluding ortho intramolecular Hbond substituents is 1. The van der Waals surface area contributed by atoms with Crippen molar-refractivity contribution in [3.8, 4) is 27.7 Å². The van der Waals surface area contributed by atoms with Crippen molar-refractivity contribution in [2.45, 2.75) is 26.7 Å². The molecule has 4 heteroatoms. The zero-order valence-electron chi connectivity index (χ0n) is 17.8. The Labute approximate surface area is 186 Å². The molecule has 0 amide bonds. The number of aromatic hydroxyl groups is 1. The van der Waals surface area contributed by atoms with Crippen molar-refractivity contribution in [1.29, 1.82) is 0 Å². The maximum Gasteiger partial charge on any atom is 0.153 e. The van der Waals surface area contributed by atoms with Gasteiger partial charge in [-0.15, -0.1) is 11.3 Å². The number of hydrogen-bond donors (Lipinski definition) is 1. The number of fused-ring (bicyclic) bond motifs is 1. The molecule has 1 aromatic heterocycles. The number of ketones is 1. The number of carbonyl (C=O) groups is 1. The van der Waals surface area contributed by atoms with Crippen LogP contribution in [0, 0.1) is 0 Å². The van der Waals surface area contributed by atoms with Crippen LogP contribution in [0.15, 0.2) is 72.8 Å². The second-order valence-corrected chi connectivity index (χ2v) is 8.85. The van der Waals surface area contributed by atoms with E-state index in [9.17, 15) is 9.90 Å². The summed E-state index contributed by atoms with van der Waals surface area (Å²) < 4.78 is 7.39. The van der Waals surface area contributed by atoms with Crippen molar-refractivity contribution in [2.75, 3.05) is 0 Å². The predicted molar refractivity (Wildman–Crippen MR) is 129 cm³/mol. The van der Waals surface area contributed by atoms with Crippen molar-refractivity contribution in [2.24, 2.45) is 0 Å². The molecule has 31 heavy (non-hydrogen) atoms. The van der Waals surface area contributed by atoms with Crippen LogP contribution in [0.2, 0.25) is 0 Å². The Hall–Kier alpha value is -3.37. The lowest BCUT2D eigenvalue weighted by Gasteiger charge is -2.14. The molecule has 0 spiro atoms. The van der Waals surface area contributed by atoms with Crippen LogP contribution in [-0.4, -0.2) is 10.9 Å². The molecule has 0 radical (unpaired) electrons. The van der Waals surface area contributed by atoms with Crippen LogP contribution >= 0.6 is 11.3 Å². The number of thiophene rings is 1. The minimum atomic E-state index is 0.0155. The summed E-state index contributed by atoms with van der Waals surface area (Å²) in [6.07, 6.45) is 3.34. The molecular weight excluding hydrogens is 404 g/mol. The van der Waals surface area contributed by atoms with Gasteiger partial charge in [0.05, 0.1) is 4.88 Å². The van der Waals surface area contributed by atoms with E-state index in [0.29, 0.717) is 5.92 Å². The average molecular weight is 429 g/mol. The summed E-state index contributed by atoms with van der Waals surface area (Å²) in [4.78, 5) is 12.2. The molecule has 0 aliphatic heterocycles. The molecule has 1 heterocycles. The highest BCUT2D eigenvalue weighted by Gasteiger charge is 2.19. The van der Waals surface area contributed by atoms with E-state index in [2.05, 4.69) is 32.0 Å². The van der Waals surface area contributed by atoms with Gasteiger partial charge >= 0.3 is 0 Å². The SMILES string of the molecule is CC(=O)/C=C/c1ccc(Oc2c(-c3ccccc3C(C)C)sc3cc(O)ccc23)cc1. The molecule has 0 aliphatic carbocycles. The third-order valence-electron chi connectivity index (χ3n) is 5.07. The van der Waals surface area contributed by atoms with E-state index in [1.54, 1.807) is 35.6 Å². The highest BCUT2D eigenvalue weighted by Crippen LogP contribution is 2.48. The average Bonchev–Trinajstić information content (AvgIpc) is 3.10. The fourth-order valence-electron chi connectivity index (χ4n) is 3.53. The third-order valence-corrected chi connectivity index (χ3v) is 6.23. The molecule has 4 rings (SSSR count). The molecule has 3 nitrogen and oxygen atoms in total. The van der Waals surface area contributed by atoms with Crippen LogP contribution in [0.25, 0.3) is 26.6 Å². The first-order valence-corrected chi connectivity index (χ1v) is 11.1. The Morgan fingerprint density at radius 2 is 1.77 bits per heavy atom. The molecule has 0 bridgehead atoms. The molecule has 0 unspecified atom stereocenters. The van der Waals surface area contributed by atoms with E-state index in [1.807, 2.05) is 36.4 Å². The van der Waals surface area contributed by atoms with Gasteiger partial charge in [-0.1, -0.05) is 56.3 Å². The maximum absolute atomic E-state index is 11.2. The Balaban J connectivity index is 1.80. The number of rotatable bonds is 6. The Bertz CT molecular complexity index is 1260. The van der Waals surface area contributed by atoms with E-state index < -0.39 is 0 Å². The molecule has 0 fully saturated rings. The van der Waals surface area contributed by atoms with E-state index in [-0.39, 0.29) is 11.5 Å². The van der Waals surface area contributed by atoms with E-state index in [4.69, 9.17) is 4.74 Å². The largest absolute Gasteiger partial charge is 0.508 e. The fraction of sp³-hybridized carbons (Fsp3) is 0.148. The Morgan fingerprint density at radius 3 is 2.48 bits per heavy atom. The summed E-state index contributed by atoms with van der Waals surface area (Å²) in [7, 11) is 0. The Morgan fingerprint density at radius 1 is 1.03 bits per heavy atom. The van der Waals surface area contributed by atoms with Gasteiger partial charge in [-0.05, 0) is 65.9 Å². The van der Waals surface area contributed by atoms with Crippen LogP contribution in [0.4, 0.5) is 0 Å². The van der Waals surface area contributed by atoms with Gasteiger partial charge < -0.3 is 9.84 Å². The first kappa shape index (κ1) is 20.9. The van der Waals surface area contributed by atoms with Gasteiger partial charge in [-0.3, -0.25) is 4.79 Å². The quantitative estimate of drug-likeness (QED) is 0.319. The summed E-state index contributed by atoms with van der Waals surface area (Å²) in [5, 5.41) is 11.0. The minimum Gasteiger partial charge on any atom is -0.508 e. The Kier molecular flexibility index (Phi) is 5.92. The molecular formula is C27H24O3S. The minimum absolute atomic E-state index is 0.0155. The molecule has 156 valence electrons. The molecule has 4 aromatic rings. The topological polar surface area (TPSA) is 46.5 Å². The van der Waals surface area contributed by atoms with Gasteiger partial charge in [0.2, 0.25) is 0 Å². The number of hydrogen-bond acceptors (Lipinski definition) is 4. The van der Waals surface area contributed by atoms with Crippen LogP contribution in [-0.2, 0) is 4.79 Å². The van der Waals surface area contributed by atoms with Gasteiger partial charge in [-0.25, -0.2) is 0 Å². The highest BCUT2D eigenvalue weighted by atomic mass is 32.1. The maximum atomic E-state index is 11.2. The van der Waals surface area contributed by atoms with Crippen molar-refractivity contribution >= 4 is 33.3 Å². The van der Waals surface area contributed by atoms with Crippen molar-refractivity contribution < 1.29 is 14.6 Å². The summed E-state index contributed by atoms with van der Waals surface area (Å²) in [5.41, 5.74) is 3.34. The van der Waals surface area contributed by atoms with Crippen LogP contribution < -0.4 is 4.74 Å². The van der Waals surface area contributed by atoms with Crippen LogP contribution in [0.3, 0.4) is 0 Å². The molecule has 3 aromatic carbocycles. The lowest BCUT2D eigenvalue weighted by Crippen LogP contribution is -1.92. The van der Waals surface area contributed by atoms with Gasteiger partial charge in [0.25, 0.3) is 0 Å². The van der Waals surface area contributed by atoms with Crippen molar-refractivity contribution in [3.05, 3.63) is 83.9 Å². The normalized spacial score (nSPS) is 11.5. The monoisotopic (exact) mass is 428 g/mol. The van der Waals surface area contributed by atoms with E-state index in [0.717, 1.165) is 37.6 Å². The lowest BCUT2D eigenvalue weighted by atomic mass is 9.96. The van der Waals surface area contributed by atoms with Gasteiger partial charge in [-0.2, -0.15) is 0 Å². The number of carbonyl (C=O) groups excluding carboxylic acids is 1. The summed E-state index contributed by atoms with van der Waals surface area (Å²) in [6.45, 7) is 5.90. The number of benzene rings is 3. The molecule has 0 atom stereocenters. The molecule has 0 saturated carbocycles. The smallest absolute Gasteiger partial charge is 0.153 e. The van der Waals surface area contributed by atoms with Gasteiger partial charge in [0.15, 0.2) is 11.5 Å². The standard InChI is InChI=1S/C27H24O3S/c1-17(2)22-6-4-5-7-23(22)27-26(24-15-12-20(29)16-25(24)31-27)30-21-13-10-19(11-14-21)9-8-18(3)28/h4-17,29H,1-3H3/b9-8+. The van der Waals surface area contributed by atoms with Gasteiger partial charge in [0, 0.05) is 10.1 Å². The first-order chi connectivity index (χ1) is 14.9. The van der Waals surface area contributed by atoms with E-state index in [1.165, 1.54) is 12.5 Å². The second-order valence-electron chi connectivity index (χ2n) is 7.80. The van der Waals surface area contributed by atoms with Crippen molar-refractivity contribution in [1.82, 2.24) is 0 Å². The molecule has 1 N–H and O–H groups in total. The number of ether oxygens (including phenoxy) is 1. The summed E-state index contributed by atoms with van der Waals surface area (Å²) >= 11 is 1.62. The molecule has 0 aliphatic rings. The lowest BCUT2D eigenvalue weighted by molar-refractivity contribution is -0.112. The second kappa shape index (κ2) is 8.78. The van der Waals surface area contributed by atoms with Crippen molar-refractivity contribution in [3.63, 3.8) is 0 Å². The summed E-state index contributed by atoms with van der Waals surface area (Å²) in [5.74, 6) is 2.14. The summed E-state index contributed by atoms with van der Waals surface area (Å²) in [6, 6.07) is 21.4. The fourth-order valence-corrected chi connectivity index (χ4v) is 4.74. The van der Waals surface area contributed by atoms with Crippen LogP contribution in [0.5, 0.6) is 17.2 Å². The van der Waals surface area contributed by atoms with Gasteiger partial charge in [0.1, 0.15) is 11.5 Å². The first-order valence-electron chi connectivity index (χ1n) is 10.2. The zero-order valence-corrected chi connectivity index (χ0v) is 18.6. The molecule has 0 saturated heterocycles. The zero-order chi connectivity index (χ0) is 22.0. The number of allylic oxidation sites excluding steroid dienone is 1. The predicted octanol–water partition coefficient (Wildman–Crippen LogP) is 7.79. The van der Waals surface area contributed by atoms with E-state index >= 15 is 0 Å². The third kappa shape index (κ3) is 4.54. The number of phenols is 1. The van der Waals surface area contributed by atoms with Crippen LogP contribution in [0.1, 0.15) is 37.8 Å².